The summed E-state index contributed by atoms with van der Waals surface area (Å²) in [4.78, 5) is 25.2. The van der Waals surface area contributed by atoms with E-state index in [2.05, 4.69) is 0 Å². The van der Waals surface area contributed by atoms with Gasteiger partial charge in [0.15, 0.2) is 18.1 Å². The summed E-state index contributed by atoms with van der Waals surface area (Å²) in [6, 6.07) is 1.50. The maximum atomic E-state index is 12.6. The van der Waals surface area contributed by atoms with Crippen LogP contribution in [-0.4, -0.2) is 61.5 Å². The van der Waals surface area contributed by atoms with E-state index >= 15 is 0 Å². The smallest absolute Gasteiger partial charge is 0.422 e. The Labute approximate surface area is 146 Å². The molecule has 8 nitrogen and oxygen atoms in total. The number of amides is 2. The molecule has 1 aliphatic rings. The van der Waals surface area contributed by atoms with Crippen LogP contribution in [0.25, 0.3) is 0 Å². The standard InChI is InChI=1S/C15H17F3N2O6/c1-24-10-5-8(14(22)20-4-3-9(20)13(21)19-23)6-11(12(10)25-2)26-7-15(16,17)18/h5-6,9,23H,3-4,7H2,1-2H3,(H,19,21)/t9-/m1/s1. The predicted molar refractivity (Wildman–Crippen MR) is 80.5 cm³/mol. The van der Waals surface area contributed by atoms with Crippen LogP contribution in [-0.2, 0) is 4.79 Å². The zero-order valence-electron chi connectivity index (χ0n) is 13.9. The van der Waals surface area contributed by atoms with E-state index in [-0.39, 0.29) is 29.4 Å². The molecular weight excluding hydrogens is 361 g/mol. The fourth-order valence-corrected chi connectivity index (χ4v) is 2.46. The van der Waals surface area contributed by atoms with Crippen LogP contribution in [0.4, 0.5) is 13.2 Å². The molecule has 2 rings (SSSR count). The summed E-state index contributed by atoms with van der Waals surface area (Å²) in [6.45, 7) is -1.33. The van der Waals surface area contributed by atoms with E-state index in [1.54, 1.807) is 0 Å². The van der Waals surface area contributed by atoms with E-state index in [0.29, 0.717) is 6.42 Å². The van der Waals surface area contributed by atoms with Crippen molar-refractivity contribution in [2.75, 3.05) is 27.4 Å². The first-order chi connectivity index (χ1) is 12.2. The van der Waals surface area contributed by atoms with E-state index in [1.807, 2.05) is 0 Å². The minimum atomic E-state index is -4.58. The van der Waals surface area contributed by atoms with Crippen LogP contribution in [0.5, 0.6) is 17.2 Å². The first kappa shape index (κ1) is 19.6. The predicted octanol–water partition coefficient (Wildman–Crippen LogP) is 1.36. The van der Waals surface area contributed by atoms with Gasteiger partial charge in [-0.15, -0.1) is 0 Å². The number of hydrogen-bond acceptors (Lipinski definition) is 6. The third kappa shape index (κ3) is 4.10. The summed E-state index contributed by atoms with van der Waals surface area (Å²) in [5, 5.41) is 8.68. The van der Waals surface area contributed by atoms with Crippen molar-refractivity contribution in [1.82, 2.24) is 10.4 Å². The molecule has 0 saturated carbocycles. The molecule has 0 aliphatic carbocycles. The molecule has 144 valence electrons. The Morgan fingerprint density at radius 2 is 1.92 bits per heavy atom. The maximum Gasteiger partial charge on any atom is 0.422 e. The van der Waals surface area contributed by atoms with Crippen molar-refractivity contribution in [2.45, 2.75) is 18.6 Å². The van der Waals surface area contributed by atoms with Gasteiger partial charge < -0.3 is 19.1 Å². The van der Waals surface area contributed by atoms with Crippen LogP contribution in [0, 0.1) is 0 Å². The van der Waals surface area contributed by atoms with Gasteiger partial charge in [0.25, 0.3) is 11.8 Å². The van der Waals surface area contributed by atoms with Crippen molar-refractivity contribution >= 4 is 11.8 Å². The highest BCUT2D eigenvalue weighted by atomic mass is 19.4. The average molecular weight is 378 g/mol. The number of ether oxygens (including phenoxy) is 3. The Bertz CT molecular complexity index is 695. The maximum absolute atomic E-state index is 12.6. The largest absolute Gasteiger partial charge is 0.493 e. The lowest BCUT2D eigenvalue weighted by atomic mass is 10.00. The molecule has 0 spiro atoms. The van der Waals surface area contributed by atoms with Crippen molar-refractivity contribution in [3.05, 3.63) is 17.7 Å². The minimum absolute atomic E-state index is 0.000734. The number of halogens is 3. The van der Waals surface area contributed by atoms with Crippen molar-refractivity contribution < 1.29 is 42.2 Å². The van der Waals surface area contributed by atoms with Gasteiger partial charge in [-0.05, 0) is 18.6 Å². The van der Waals surface area contributed by atoms with Gasteiger partial charge in [0.1, 0.15) is 6.04 Å². The van der Waals surface area contributed by atoms with Gasteiger partial charge >= 0.3 is 6.18 Å². The van der Waals surface area contributed by atoms with Crippen LogP contribution < -0.4 is 19.7 Å². The lowest BCUT2D eigenvalue weighted by Gasteiger charge is -2.39. The summed E-state index contributed by atoms with van der Waals surface area (Å²) in [6.07, 6.45) is -4.23. The fraction of sp³-hybridized carbons (Fsp3) is 0.467. The lowest BCUT2D eigenvalue weighted by molar-refractivity contribution is -0.153. The van der Waals surface area contributed by atoms with Crippen LogP contribution in [0.15, 0.2) is 12.1 Å². The van der Waals surface area contributed by atoms with Crippen LogP contribution in [0.3, 0.4) is 0 Å². The molecule has 0 bridgehead atoms. The first-order valence-electron chi connectivity index (χ1n) is 7.42. The molecule has 1 aromatic rings. The van der Waals surface area contributed by atoms with Crippen molar-refractivity contribution in [3.63, 3.8) is 0 Å². The number of likely N-dealkylation sites (tertiary alicyclic amines) is 1. The monoisotopic (exact) mass is 378 g/mol. The quantitative estimate of drug-likeness (QED) is 0.573. The summed E-state index contributed by atoms with van der Waals surface area (Å²) in [5.74, 6) is -1.79. The Morgan fingerprint density at radius 3 is 2.38 bits per heavy atom. The molecule has 11 heteroatoms. The van der Waals surface area contributed by atoms with Crippen molar-refractivity contribution in [1.29, 1.82) is 0 Å². The van der Waals surface area contributed by atoms with Crippen molar-refractivity contribution in [2.24, 2.45) is 0 Å². The number of benzene rings is 1. The van der Waals surface area contributed by atoms with Gasteiger partial charge in [0, 0.05) is 12.1 Å². The number of hydrogen-bond donors (Lipinski definition) is 2. The summed E-state index contributed by atoms with van der Waals surface area (Å²) in [7, 11) is 2.47. The molecule has 2 N–H and O–H groups in total. The molecule has 1 atom stereocenters. The second-order valence-electron chi connectivity index (χ2n) is 5.39. The number of nitrogens with one attached hydrogen (secondary N) is 1. The number of carbonyl (C=O) groups excluding carboxylic acids is 2. The van der Waals surface area contributed by atoms with E-state index in [9.17, 15) is 22.8 Å². The summed E-state index contributed by atoms with van der Waals surface area (Å²) < 4.78 is 52.1. The molecule has 0 aromatic heterocycles. The van der Waals surface area contributed by atoms with Gasteiger partial charge in [-0.2, -0.15) is 13.2 Å². The molecule has 0 unspecified atom stereocenters. The number of nitrogens with zero attached hydrogens (tertiary/aromatic N) is 1. The summed E-state index contributed by atoms with van der Waals surface area (Å²) >= 11 is 0. The fourth-order valence-electron chi connectivity index (χ4n) is 2.46. The molecule has 1 heterocycles. The van der Waals surface area contributed by atoms with Gasteiger partial charge in [0.2, 0.25) is 5.75 Å². The highest BCUT2D eigenvalue weighted by molar-refractivity contribution is 5.99. The molecular formula is C15H17F3N2O6. The Hall–Kier alpha value is -2.69. The van der Waals surface area contributed by atoms with Gasteiger partial charge in [0.05, 0.1) is 14.2 Å². The lowest BCUT2D eigenvalue weighted by Crippen LogP contribution is -2.57. The minimum Gasteiger partial charge on any atom is -0.493 e. The van der Waals surface area contributed by atoms with Crippen LogP contribution in [0.1, 0.15) is 16.8 Å². The second kappa shape index (κ2) is 7.68. The first-order valence-corrected chi connectivity index (χ1v) is 7.42. The summed E-state index contributed by atoms with van der Waals surface area (Å²) in [5.41, 5.74) is 1.42. The van der Waals surface area contributed by atoms with Crippen LogP contribution >= 0.6 is 0 Å². The average Bonchev–Trinajstić information content (AvgIpc) is 2.56. The SMILES string of the molecule is COc1cc(C(=O)N2CC[C@@H]2C(=O)NO)cc(OCC(F)(F)F)c1OC. The van der Waals surface area contributed by atoms with Gasteiger partial charge in [-0.3, -0.25) is 14.8 Å². The van der Waals surface area contributed by atoms with E-state index < -0.39 is 30.6 Å². The second-order valence-corrected chi connectivity index (χ2v) is 5.39. The zero-order valence-corrected chi connectivity index (χ0v) is 13.9. The number of carbonyl (C=O) groups is 2. The molecule has 1 fully saturated rings. The number of methoxy groups -OCH3 is 2. The zero-order chi connectivity index (χ0) is 19.5. The molecule has 26 heavy (non-hydrogen) atoms. The molecule has 2 amide bonds. The Kier molecular flexibility index (Phi) is 5.80. The van der Waals surface area contributed by atoms with E-state index in [1.165, 1.54) is 30.7 Å². The normalized spacial score (nSPS) is 16.5. The topological polar surface area (TPSA) is 97.3 Å². The molecule has 0 radical (unpaired) electrons. The third-order valence-electron chi connectivity index (χ3n) is 3.78. The third-order valence-corrected chi connectivity index (χ3v) is 3.78. The van der Waals surface area contributed by atoms with E-state index in [4.69, 9.17) is 19.4 Å². The van der Waals surface area contributed by atoms with Gasteiger partial charge in [-0.1, -0.05) is 0 Å². The molecule has 1 saturated heterocycles. The van der Waals surface area contributed by atoms with E-state index in [0.717, 1.165) is 6.07 Å². The van der Waals surface area contributed by atoms with Crippen molar-refractivity contribution in [3.8, 4) is 17.2 Å². The molecule has 1 aliphatic heterocycles. The highest BCUT2D eigenvalue weighted by Gasteiger charge is 2.38. The van der Waals surface area contributed by atoms with Gasteiger partial charge in [-0.25, -0.2) is 5.48 Å². The number of alkyl halides is 3. The number of hydroxylamine groups is 1. The van der Waals surface area contributed by atoms with Crippen LogP contribution in [0.2, 0.25) is 0 Å². The molecule has 1 aromatic carbocycles. The number of rotatable bonds is 6. The Balaban J connectivity index is 2.33. The Morgan fingerprint density at radius 1 is 1.27 bits per heavy atom. The highest BCUT2D eigenvalue weighted by Crippen LogP contribution is 2.40.